The summed E-state index contributed by atoms with van der Waals surface area (Å²) in [5.74, 6) is 0.137. The maximum Gasteiger partial charge on any atom is 0.236 e. The molecule has 1 amide bonds. The molecule has 2 rings (SSSR count). The van der Waals surface area contributed by atoms with Gasteiger partial charge < -0.3 is 15.0 Å². The van der Waals surface area contributed by atoms with Crippen molar-refractivity contribution < 1.29 is 9.90 Å². The van der Waals surface area contributed by atoms with E-state index in [1.807, 2.05) is 0 Å². The Hall–Kier alpha value is -1.38. The molecule has 0 radical (unpaired) electrons. The molecule has 2 aromatic rings. The number of nitrogens with one attached hydrogen (secondary N) is 1. The third-order valence-electron chi connectivity index (χ3n) is 2.21. The lowest BCUT2D eigenvalue weighted by Crippen LogP contribution is -2.14. The highest BCUT2D eigenvalue weighted by molar-refractivity contribution is 7.99. The van der Waals surface area contributed by atoms with E-state index < -0.39 is 0 Å². The highest BCUT2D eigenvalue weighted by atomic mass is 32.2. The van der Waals surface area contributed by atoms with Crippen LogP contribution < -0.4 is 5.32 Å². The summed E-state index contributed by atoms with van der Waals surface area (Å²) in [6, 6.07) is 0. The van der Waals surface area contributed by atoms with Crippen LogP contribution in [0.3, 0.4) is 0 Å². The predicted octanol–water partition coefficient (Wildman–Crippen LogP) is 1.10. The first-order valence-corrected chi connectivity index (χ1v) is 7.01. The number of hydrogen-bond acceptors (Lipinski definition) is 6. The van der Waals surface area contributed by atoms with Crippen molar-refractivity contribution in [3.05, 3.63) is 23.5 Å². The lowest BCUT2D eigenvalue weighted by atomic mass is 10.5. The van der Waals surface area contributed by atoms with Crippen molar-refractivity contribution in [3.8, 4) is 0 Å². The van der Waals surface area contributed by atoms with Crippen LogP contribution in [0.1, 0.15) is 5.69 Å². The van der Waals surface area contributed by atoms with Gasteiger partial charge in [0.15, 0.2) is 10.3 Å². The second kappa shape index (κ2) is 5.98. The lowest BCUT2D eigenvalue weighted by molar-refractivity contribution is -0.113. The minimum absolute atomic E-state index is 0.0601. The first kappa shape index (κ1) is 13.1. The van der Waals surface area contributed by atoms with Gasteiger partial charge >= 0.3 is 0 Å². The molecule has 0 bridgehead atoms. The van der Waals surface area contributed by atoms with Crippen LogP contribution in [0.5, 0.6) is 0 Å². The topological polar surface area (TPSA) is 80.0 Å². The van der Waals surface area contributed by atoms with Crippen LogP contribution in [-0.2, 0) is 18.4 Å². The molecule has 0 saturated heterocycles. The van der Waals surface area contributed by atoms with Gasteiger partial charge in [0.25, 0.3) is 0 Å². The molecule has 2 aromatic heterocycles. The second-order valence-corrected chi connectivity index (χ2v) is 5.26. The zero-order valence-electron chi connectivity index (χ0n) is 9.66. The van der Waals surface area contributed by atoms with Crippen LogP contribution in [0.25, 0.3) is 0 Å². The van der Waals surface area contributed by atoms with E-state index in [2.05, 4.69) is 15.3 Å². The van der Waals surface area contributed by atoms with E-state index in [9.17, 15) is 4.79 Å². The average Bonchev–Trinajstić information content (AvgIpc) is 2.97. The summed E-state index contributed by atoms with van der Waals surface area (Å²) in [7, 11) is 1.81. The SMILES string of the molecule is Cn1c(CO)cnc1SCC(=O)Nc1nccs1. The molecular weight excluding hydrogens is 272 g/mol. The normalized spacial score (nSPS) is 10.6. The number of carbonyl (C=O) groups excluding carboxylic acids is 1. The van der Waals surface area contributed by atoms with Gasteiger partial charge in [-0.15, -0.1) is 11.3 Å². The monoisotopic (exact) mass is 284 g/mol. The van der Waals surface area contributed by atoms with E-state index in [4.69, 9.17) is 5.11 Å². The molecule has 0 unspecified atom stereocenters. The molecule has 0 aliphatic carbocycles. The maximum atomic E-state index is 11.6. The van der Waals surface area contributed by atoms with Crippen molar-refractivity contribution >= 4 is 34.1 Å². The zero-order chi connectivity index (χ0) is 13.0. The van der Waals surface area contributed by atoms with Crippen molar-refractivity contribution in [2.24, 2.45) is 7.05 Å². The number of anilines is 1. The number of thiazole rings is 1. The first-order valence-electron chi connectivity index (χ1n) is 5.14. The van der Waals surface area contributed by atoms with Gasteiger partial charge in [-0.2, -0.15) is 0 Å². The van der Waals surface area contributed by atoms with Gasteiger partial charge in [0.05, 0.1) is 24.3 Å². The molecule has 0 fully saturated rings. The van der Waals surface area contributed by atoms with Crippen molar-refractivity contribution in [1.82, 2.24) is 14.5 Å². The van der Waals surface area contributed by atoms with E-state index in [-0.39, 0.29) is 18.3 Å². The number of carbonyl (C=O) groups is 1. The summed E-state index contributed by atoms with van der Waals surface area (Å²) in [5, 5.41) is 14.8. The van der Waals surface area contributed by atoms with Gasteiger partial charge in [-0.05, 0) is 0 Å². The highest BCUT2D eigenvalue weighted by Gasteiger charge is 2.10. The standard InChI is InChI=1S/C10H12N4O2S2/c1-14-7(5-15)4-12-10(14)18-6-8(16)13-9-11-2-3-17-9/h2-4,15H,5-6H2,1H3,(H,11,13,16). The number of aliphatic hydroxyl groups is 1. The van der Waals surface area contributed by atoms with Crippen molar-refractivity contribution in [2.45, 2.75) is 11.8 Å². The molecule has 2 heterocycles. The van der Waals surface area contributed by atoms with Crippen LogP contribution in [0.2, 0.25) is 0 Å². The summed E-state index contributed by atoms with van der Waals surface area (Å²) in [4.78, 5) is 19.7. The van der Waals surface area contributed by atoms with Crippen LogP contribution >= 0.6 is 23.1 Å². The minimum Gasteiger partial charge on any atom is -0.390 e. The maximum absolute atomic E-state index is 11.6. The van der Waals surface area contributed by atoms with Crippen LogP contribution in [0.15, 0.2) is 22.9 Å². The molecule has 18 heavy (non-hydrogen) atoms. The molecule has 0 atom stereocenters. The number of hydrogen-bond donors (Lipinski definition) is 2. The lowest BCUT2D eigenvalue weighted by Gasteiger charge is -2.03. The molecule has 0 spiro atoms. The molecule has 0 saturated carbocycles. The Morgan fingerprint density at radius 1 is 1.61 bits per heavy atom. The Morgan fingerprint density at radius 2 is 2.44 bits per heavy atom. The number of imidazole rings is 1. The number of amides is 1. The highest BCUT2D eigenvalue weighted by Crippen LogP contribution is 2.18. The summed E-state index contributed by atoms with van der Waals surface area (Å²) in [6.45, 7) is -0.0601. The Morgan fingerprint density at radius 3 is 3.06 bits per heavy atom. The summed E-state index contributed by atoms with van der Waals surface area (Å²) >= 11 is 2.70. The Balaban J connectivity index is 1.87. The molecule has 0 aliphatic rings. The van der Waals surface area contributed by atoms with E-state index in [0.717, 1.165) is 5.69 Å². The fourth-order valence-electron chi connectivity index (χ4n) is 1.28. The second-order valence-electron chi connectivity index (χ2n) is 3.42. The molecule has 6 nitrogen and oxygen atoms in total. The van der Waals surface area contributed by atoms with Gasteiger partial charge in [0.1, 0.15) is 0 Å². The Labute approximate surface area is 112 Å². The van der Waals surface area contributed by atoms with E-state index in [0.29, 0.717) is 10.3 Å². The number of rotatable bonds is 5. The fraction of sp³-hybridized carbons (Fsp3) is 0.300. The van der Waals surface area contributed by atoms with Gasteiger partial charge in [0, 0.05) is 18.6 Å². The molecular formula is C10H12N4O2S2. The molecule has 96 valence electrons. The van der Waals surface area contributed by atoms with E-state index in [1.165, 1.54) is 23.1 Å². The minimum atomic E-state index is -0.122. The smallest absolute Gasteiger partial charge is 0.236 e. The third-order valence-corrected chi connectivity index (χ3v) is 3.95. The number of nitrogens with zero attached hydrogens (tertiary/aromatic N) is 3. The third kappa shape index (κ3) is 3.09. The fourth-order valence-corrected chi connectivity index (χ4v) is 2.59. The van der Waals surface area contributed by atoms with Gasteiger partial charge in [-0.25, -0.2) is 9.97 Å². The number of aliphatic hydroxyl groups excluding tert-OH is 1. The van der Waals surface area contributed by atoms with Crippen LogP contribution in [0, 0.1) is 0 Å². The van der Waals surface area contributed by atoms with Crippen LogP contribution in [-0.4, -0.2) is 31.3 Å². The van der Waals surface area contributed by atoms with Crippen molar-refractivity contribution in [3.63, 3.8) is 0 Å². The number of thioether (sulfide) groups is 1. The molecule has 2 N–H and O–H groups in total. The van der Waals surface area contributed by atoms with Gasteiger partial charge in [-0.1, -0.05) is 11.8 Å². The molecule has 8 heteroatoms. The Bertz CT molecular complexity index is 524. The molecule has 0 aromatic carbocycles. The van der Waals surface area contributed by atoms with Crippen molar-refractivity contribution in [2.75, 3.05) is 11.1 Å². The predicted molar refractivity (Wildman–Crippen MR) is 70.6 cm³/mol. The first-order chi connectivity index (χ1) is 8.70. The summed E-state index contributed by atoms with van der Waals surface area (Å²) < 4.78 is 1.77. The zero-order valence-corrected chi connectivity index (χ0v) is 11.3. The van der Waals surface area contributed by atoms with E-state index in [1.54, 1.807) is 29.4 Å². The van der Waals surface area contributed by atoms with Gasteiger partial charge in [-0.3, -0.25) is 4.79 Å². The van der Waals surface area contributed by atoms with Crippen molar-refractivity contribution in [1.29, 1.82) is 0 Å². The quantitative estimate of drug-likeness (QED) is 0.804. The summed E-state index contributed by atoms with van der Waals surface area (Å²) in [5.41, 5.74) is 0.720. The van der Waals surface area contributed by atoms with Gasteiger partial charge in [0.2, 0.25) is 5.91 Å². The van der Waals surface area contributed by atoms with E-state index >= 15 is 0 Å². The largest absolute Gasteiger partial charge is 0.390 e. The molecule has 0 aliphatic heterocycles. The Kier molecular flexibility index (Phi) is 4.34. The average molecular weight is 284 g/mol. The van der Waals surface area contributed by atoms with Crippen LogP contribution in [0.4, 0.5) is 5.13 Å². The summed E-state index contributed by atoms with van der Waals surface area (Å²) in [6.07, 6.45) is 3.24. The number of aromatic nitrogens is 3.